The number of allylic oxidation sites excluding steroid dienone is 1. The molecule has 70 valence electrons. The van der Waals surface area contributed by atoms with E-state index in [0.717, 1.165) is 11.5 Å². The normalized spacial score (nSPS) is 9.38. The van der Waals surface area contributed by atoms with Gasteiger partial charge in [-0.05, 0) is 38.1 Å². The topological polar surface area (TPSA) is 18.5 Å². The molecule has 0 N–H and O–H groups in total. The van der Waals surface area contributed by atoms with Crippen LogP contribution in [0, 0.1) is 0 Å². The molecule has 0 heterocycles. The minimum Gasteiger partial charge on any atom is -0.494 e. The second kappa shape index (κ2) is 4.55. The maximum absolute atomic E-state index is 5.30. The minimum absolute atomic E-state index is 0.681. The highest BCUT2D eigenvalue weighted by Crippen LogP contribution is 2.18. The van der Waals surface area contributed by atoms with Gasteiger partial charge in [0.2, 0.25) is 0 Å². The molecule has 2 nitrogen and oxygen atoms in total. The van der Waals surface area contributed by atoms with Crippen LogP contribution in [0.4, 0.5) is 0 Å². The van der Waals surface area contributed by atoms with E-state index in [2.05, 4.69) is 6.58 Å². The summed E-state index contributed by atoms with van der Waals surface area (Å²) >= 11 is 0. The number of rotatable bonds is 4. The van der Waals surface area contributed by atoms with E-state index in [-0.39, 0.29) is 0 Å². The van der Waals surface area contributed by atoms with Crippen LogP contribution < -0.4 is 9.47 Å². The molecule has 0 saturated carbocycles. The molecule has 2 heteroatoms. The van der Waals surface area contributed by atoms with Crippen molar-refractivity contribution in [1.29, 1.82) is 0 Å². The largest absolute Gasteiger partial charge is 0.494 e. The molecule has 0 unspecified atom stereocenters. The summed E-state index contributed by atoms with van der Waals surface area (Å²) in [6, 6.07) is 7.48. The van der Waals surface area contributed by atoms with Gasteiger partial charge in [0.15, 0.2) is 0 Å². The first-order valence-corrected chi connectivity index (χ1v) is 4.28. The first kappa shape index (κ1) is 9.65. The second-order valence-electron chi connectivity index (χ2n) is 2.71. The molecule has 0 spiro atoms. The number of ether oxygens (including phenoxy) is 2. The summed E-state index contributed by atoms with van der Waals surface area (Å²) < 4.78 is 10.6. The lowest BCUT2D eigenvalue weighted by atomic mass is 10.3. The molecule has 0 radical (unpaired) electrons. The van der Waals surface area contributed by atoms with Gasteiger partial charge in [-0.2, -0.15) is 0 Å². The Kier molecular flexibility index (Phi) is 3.38. The van der Waals surface area contributed by atoms with Gasteiger partial charge in [-0.3, -0.25) is 0 Å². The summed E-state index contributed by atoms with van der Waals surface area (Å²) in [4.78, 5) is 0. The smallest absolute Gasteiger partial charge is 0.127 e. The fourth-order valence-corrected chi connectivity index (χ4v) is 0.972. The van der Waals surface area contributed by atoms with E-state index in [0.29, 0.717) is 12.4 Å². The molecular weight excluding hydrogens is 164 g/mol. The van der Waals surface area contributed by atoms with Gasteiger partial charge in [0.1, 0.15) is 11.5 Å². The fraction of sp³-hybridized carbons (Fsp3) is 0.273. The summed E-state index contributed by atoms with van der Waals surface area (Å²) in [5, 5.41) is 0. The highest BCUT2D eigenvalue weighted by atomic mass is 16.5. The molecule has 0 saturated heterocycles. The maximum atomic E-state index is 5.30. The number of benzene rings is 1. The van der Waals surface area contributed by atoms with Crippen LogP contribution in [-0.2, 0) is 0 Å². The Morgan fingerprint density at radius 2 is 1.77 bits per heavy atom. The zero-order valence-electron chi connectivity index (χ0n) is 8.04. The van der Waals surface area contributed by atoms with E-state index < -0.39 is 0 Å². The molecule has 0 aliphatic rings. The van der Waals surface area contributed by atoms with Crippen molar-refractivity contribution in [2.45, 2.75) is 13.8 Å². The highest BCUT2D eigenvalue weighted by Gasteiger charge is 1.94. The van der Waals surface area contributed by atoms with Gasteiger partial charge in [-0.25, -0.2) is 0 Å². The molecule has 0 fully saturated rings. The average Bonchev–Trinajstić information content (AvgIpc) is 2.08. The Morgan fingerprint density at radius 1 is 1.23 bits per heavy atom. The lowest BCUT2D eigenvalue weighted by Crippen LogP contribution is -1.92. The van der Waals surface area contributed by atoms with Crippen molar-refractivity contribution in [3.05, 3.63) is 36.6 Å². The SMILES string of the molecule is C=C(C)Oc1ccc(OCC)cc1. The summed E-state index contributed by atoms with van der Waals surface area (Å²) in [6.45, 7) is 8.11. The van der Waals surface area contributed by atoms with Crippen LogP contribution in [0.2, 0.25) is 0 Å². The summed E-state index contributed by atoms with van der Waals surface area (Å²) in [5.74, 6) is 2.33. The van der Waals surface area contributed by atoms with Crippen LogP contribution in [0.1, 0.15) is 13.8 Å². The van der Waals surface area contributed by atoms with Gasteiger partial charge in [0.25, 0.3) is 0 Å². The first-order valence-electron chi connectivity index (χ1n) is 4.28. The van der Waals surface area contributed by atoms with Gasteiger partial charge in [0, 0.05) is 0 Å². The Hall–Kier alpha value is -1.44. The van der Waals surface area contributed by atoms with Crippen molar-refractivity contribution in [3.8, 4) is 11.5 Å². The first-order chi connectivity index (χ1) is 6.22. The van der Waals surface area contributed by atoms with Gasteiger partial charge in [-0.1, -0.05) is 6.58 Å². The van der Waals surface area contributed by atoms with Crippen molar-refractivity contribution in [3.63, 3.8) is 0 Å². The van der Waals surface area contributed by atoms with E-state index >= 15 is 0 Å². The van der Waals surface area contributed by atoms with Crippen LogP contribution in [0.15, 0.2) is 36.6 Å². The van der Waals surface area contributed by atoms with Crippen molar-refractivity contribution < 1.29 is 9.47 Å². The predicted octanol–water partition coefficient (Wildman–Crippen LogP) is 3.00. The standard InChI is InChI=1S/C11H14O2/c1-4-12-10-5-7-11(8-6-10)13-9(2)3/h5-8H,2,4H2,1,3H3. The molecule has 1 aromatic rings. The minimum atomic E-state index is 0.681. The fourth-order valence-electron chi connectivity index (χ4n) is 0.972. The Labute approximate surface area is 78.8 Å². The van der Waals surface area contributed by atoms with E-state index in [1.165, 1.54) is 0 Å². The highest BCUT2D eigenvalue weighted by molar-refractivity contribution is 5.31. The molecule has 0 amide bonds. The molecule has 13 heavy (non-hydrogen) atoms. The molecule has 0 atom stereocenters. The molecular formula is C11H14O2. The van der Waals surface area contributed by atoms with Crippen LogP contribution in [0.5, 0.6) is 11.5 Å². The molecule has 1 aromatic carbocycles. The van der Waals surface area contributed by atoms with Gasteiger partial charge < -0.3 is 9.47 Å². The number of hydrogen-bond donors (Lipinski definition) is 0. The third-order valence-corrected chi connectivity index (χ3v) is 1.43. The Morgan fingerprint density at radius 3 is 2.23 bits per heavy atom. The predicted molar refractivity (Wildman–Crippen MR) is 53.1 cm³/mol. The van der Waals surface area contributed by atoms with Crippen LogP contribution >= 0.6 is 0 Å². The quantitative estimate of drug-likeness (QED) is 0.660. The summed E-state index contributed by atoms with van der Waals surface area (Å²) in [5.41, 5.74) is 0. The zero-order chi connectivity index (χ0) is 9.68. The van der Waals surface area contributed by atoms with E-state index in [1.54, 1.807) is 0 Å². The van der Waals surface area contributed by atoms with E-state index in [9.17, 15) is 0 Å². The van der Waals surface area contributed by atoms with E-state index in [4.69, 9.17) is 9.47 Å². The summed E-state index contributed by atoms with van der Waals surface area (Å²) in [7, 11) is 0. The van der Waals surface area contributed by atoms with Crippen molar-refractivity contribution in [1.82, 2.24) is 0 Å². The average molecular weight is 178 g/mol. The monoisotopic (exact) mass is 178 g/mol. The van der Waals surface area contributed by atoms with E-state index in [1.807, 2.05) is 38.1 Å². The van der Waals surface area contributed by atoms with Crippen LogP contribution in [0.3, 0.4) is 0 Å². The molecule has 0 aliphatic carbocycles. The van der Waals surface area contributed by atoms with Gasteiger partial charge in [-0.15, -0.1) is 0 Å². The summed E-state index contributed by atoms with van der Waals surface area (Å²) in [6.07, 6.45) is 0. The van der Waals surface area contributed by atoms with Gasteiger partial charge >= 0.3 is 0 Å². The van der Waals surface area contributed by atoms with Crippen molar-refractivity contribution >= 4 is 0 Å². The van der Waals surface area contributed by atoms with Crippen molar-refractivity contribution in [2.24, 2.45) is 0 Å². The molecule has 0 aromatic heterocycles. The Balaban J connectivity index is 2.64. The third-order valence-electron chi connectivity index (χ3n) is 1.43. The second-order valence-corrected chi connectivity index (χ2v) is 2.71. The Bertz CT molecular complexity index is 275. The lowest BCUT2D eigenvalue weighted by molar-refractivity contribution is 0.339. The molecule has 1 rings (SSSR count). The third kappa shape index (κ3) is 3.20. The van der Waals surface area contributed by atoms with Crippen LogP contribution in [-0.4, -0.2) is 6.61 Å². The van der Waals surface area contributed by atoms with Gasteiger partial charge in [0.05, 0.1) is 12.4 Å². The van der Waals surface area contributed by atoms with Crippen molar-refractivity contribution in [2.75, 3.05) is 6.61 Å². The molecule has 0 bridgehead atoms. The number of hydrogen-bond acceptors (Lipinski definition) is 2. The maximum Gasteiger partial charge on any atom is 0.127 e. The zero-order valence-corrected chi connectivity index (χ0v) is 8.04. The molecule has 0 aliphatic heterocycles. The van der Waals surface area contributed by atoms with Crippen LogP contribution in [0.25, 0.3) is 0 Å². The lowest BCUT2D eigenvalue weighted by Gasteiger charge is -2.06.